The highest BCUT2D eigenvalue weighted by atomic mass is 32.2. The van der Waals surface area contributed by atoms with Crippen LogP contribution in [0.25, 0.3) is 0 Å². The van der Waals surface area contributed by atoms with E-state index in [1.807, 2.05) is 19.1 Å². The number of thioether (sulfide) groups is 1. The molecule has 0 radical (unpaired) electrons. The smallest absolute Gasteiger partial charge is 0.341 e. The molecule has 8 heteroatoms. The molecule has 0 aliphatic carbocycles. The van der Waals surface area contributed by atoms with Crippen LogP contribution in [0.1, 0.15) is 36.0 Å². The first kappa shape index (κ1) is 21.0. The van der Waals surface area contributed by atoms with Gasteiger partial charge in [0.05, 0.1) is 17.9 Å². The molecule has 1 aromatic heterocycles. The van der Waals surface area contributed by atoms with Crippen LogP contribution in [0.15, 0.2) is 35.2 Å². The number of ether oxygens (including phenoxy) is 1. The maximum atomic E-state index is 12.3. The highest BCUT2D eigenvalue weighted by Crippen LogP contribution is 2.30. The van der Waals surface area contributed by atoms with E-state index in [-0.39, 0.29) is 24.2 Å². The van der Waals surface area contributed by atoms with Crippen LogP contribution in [0.3, 0.4) is 0 Å². The predicted molar refractivity (Wildman–Crippen MR) is 110 cm³/mol. The minimum atomic E-state index is -0.426. The van der Waals surface area contributed by atoms with Gasteiger partial charge >= 0.3 is 5.97 Å². The Hall–Kier alpha value is -2.32. The summed E-state index contributed by atoms with van der Waals surface area (Å²) < 4.78 is 5.06. The molecule has 0 unspecified atom stereocenters. The number of amides is 2. The molecule has 0 bridgehead atoms. The van der Waals surface area contributed by atoms with Gasteiger partial charge in [-0.3, -0.25) is 9.59 Å². The molecule has 27 heavy (non-hydrogen) atoms. The van der Waals surface area contributed by atoms with Gasteiger partial charge in [-0.15, -0.1) is 23.1 Å². The van der Waals surface area contributed by atoms with Crippen molar-refractivity contribution >= 4 is 51.6 Å². The van der Waals surface area contributed by atoms with Crippen LogP contribution in [0.5, 0.6) is 0 Å². The summed E-state index contributed by atoms with van der Waals surface area (Å²) in [4.78, 5) is 37.3. The van der Waals surface area contributed by atoms with E-state index in [1.165, 1.54) is 30.0 Å². The molecule has 0 atom stereocenters. The number of carbonyl (C=O) groups is 3. The zero-order valence-corrected chi connectivity index (χ0v) is 17.1. The van der Waals surface area contributed by atoms with Crippen LogP contribution in [-0.4, -0.2) is 30.1 Å². The largest absolute Gasteiger partial charge is 0.462 e. The van der Waals surface area contributed by atoms with Gasteiger partial charge in [-0.25, -0.2) is 4.79 Å². The Morgan fingerprint density at radius 3 is 2.41 bits per heavy atom. The fourth-order valence-electron chi connectivity index (χ4n) is 2.22. The molecule has 2 rings (SSSR count). The molecule has 144 valence electrons. The average molecular weight is 407 g/mol. The first-order valence-corrected chi connectivity index (χ1v) is 10.3. The Kier molecular flexibility index (Phi) is 7.87. The molecule has 0 aliphatic rings. The number of esters is 1. The summed E-state index contributed by atoms with van der Waals surface area (Å²) >= 11 is 2.77. The van der Waals surface area contributed by atoms with Gasteiger partial charge in [-0.1, -0.05) is 6.92 Å². The lowest BCUT2D eigenvalue weighted by molar-refractivity contribution is -0.114. The van der Waals surface area contributed by atoms with Crippen molar-refractivity contribution in [3.8, 4) is 0 Å². The van der Waals surface area contributed by atoms with Gasteiger partial charge in [0.15, 0.2) is 0 Å². The molecule has 1 heterocycles. The third-order valence-electron chi connectivity index (χ3n) is 3.42. The average Bonchev–Trinajstić information content (AvgIpc) is 3.04. The monoisotopic (exact) mass is 406 g/mol. The van der Waals surface area contributed by atoms with E-state index in [0.29, 0.717) is 16.3 Å². The van der Waals surface area contributed by atoms with Crippen molar-refractivity contribution in [1.29, 1.82) is 0 Å². The van der Waals surface area contributed by atoms with Gasteiger partial charge in [0.2, 0.25) is 11.8 Å². The van der Waals surface area contributed by atoms with Gasteiger partial charge in [-0.2, -0.15) is 0 Å². The molecule has 0 fully saturated rings. The van der Waals surface area contributed by atoms with Crippen molar-refractivity contribution in [3.63, 3.8) is 0 Å². The Labute approximate surface area is 166 Å². The van der Waals surface area contributed by atoms with E-state index in [4.69, 9.17) is 4.74 Å². The predicted octanol–water partition coefficient (Wildman–Crippen LogP) is 4.18. The fraction of sp³-hybridized carbons (Fsp3) is 0.316. The lowest BCUT2D eigenvalue weighted by Gasteiger charge is -2.07. The quantitative estimate of drug-likeness (QED) is 0.508. The molecule has 1 aromatic carbocycles. The zero-order valence-electron chi connectivity index (χ0n) is 15.5. The first-order chi connectivity index (χ1) is 12.9. The zero-order chi connectivity index (χ0) is 19.8. The first-order valence-electron chi connectivity index (χ1n) is 8.53. The number of aryl methyl sites for hydroxylation is 1. The summed E-state index contributed by atoms with van der Waals surface area (Å²) in [5.41, 5.74) is 1.11. The van der Waals surface area contributed by atoms with Crippen molar-refractivity contribution in [1.82, 2.24) is 0 Å². The van der Waals surface area contributed by atoms with Gasteiger partial charge in [-0.05, 0) is 43.7 Å². The fourth-order valence-corrected chi connectivity index (χ4v) is 3.92. The normalized spacial score (nSPS) is 10.3. The maximum absolute atomic E-state index is 12.3. The van der Waals surface area contributed by atoms with E-state index >= 15 is 0 Å². The van der Waals surface area contributed by atoms with Crippen LogP contribution in [0, 0.1) is 0 Å². The Balaban J connectivity index is 1.96. The van der Waals surface area contributed by atoms with E-state index in [0.717, 1.165) is 16.2 Å². The molecule has 0 aliphatic heterocycles. The highest BCUT2D eigenvalue weighted by Gasteiger charge is 2.18. The SMILES string of the molecule is CCOC(=O)c1cc(CC)sc1NC(=O)CSc1ccc(NC(C)=O)cc1. The summed E-state index contributed by atoms with van der Waals surface area (Å²) in [6.45, 7) is 5.48. The van der Waals surface area contributed by atoms with E-state index in [9.17, 15) is 14.4 Å². The molecule has 2 aromatic rings. The summed E-state index contributed by atoms with van der Waals surface area (Å²) in [6.07, 6.45) is 0.780. The minimum absolute atomic E-state index is 0.130. The van der Waals surface area contributed by atoms with Crippen molar-refractivity contribution < 1.29 is 19.1 Å². The maximum Gasteiger partial charge on any atom is 0.341 e. The Bertz CT molecular complexity index is 816. The molecule has 0 spiro atoms. The molecule has 2 amide bonds. The molecule has 2 N–H and O–H groups in total. The summed E-state index contributed by atoms with van der Waals surface area (Å²) in [5.74, 6) is -0.540. The number of rotatable bonds is 8. The van der Waals surface area contributed by atoms with Gasteiger partial charge in [0, 0.05) is 22.4 Å². The number of hydrogen-bond donors (Lipinski definition) is 2. The second-order valence-electron chi connectivity index (χ2n) is 5.57. The molecular formula is C19H22N2O4S2. The third kappa shape index (κ3) is 6.41. The molecule has 0 saturated heterocycles. The summed E-state index contributed by atoms with van der Waals surface area (Å²) in [5, 5.41) is 6.03. The van der Waals surface area contributed by atoms with Crippen LogP contribution < -0.4 is 10.6 Å². The van der Waals surface area contributed by atoms with Gasteiger partial charge in [0.25, 0.3) is 0 Å². The van der Waals surface area contributed by atoms with Crippen LogP contribution in [-0.2, 0) is 20.7 Å². The van der Waals surface area contributed by atoms with Crippen LogP contribution in [0.2, 0.25) is 0 Å². The minimum Gasteiger partial charge on any atom is -0.462 e. The van der Waals surface area contributed by atoms with Crippen LogP contribution in [0.4, 0.5) is 10.7 Å². The standard InChI is InChI=1S/C19H22N2O4S2/c1-4-14-10-16(19(24)25-5-2)18(27-14)21-17(23)11-26-15-8-6-13(7-9-15)20-12(3)22/h6-10H,4-5,11H2,1-3H3,(H,20,22)(H,21,23). The molecule has 6 nitrogen and oxygen atoms in total. The van der Waals surface area contributed by atoms with E-state index < -0.39 is 5.97 Å². The van der Waals surface area contributed by atoms with Crippen molar-refractivity contribution in [2.75, 3.05) is 23.0 Å². The van der Waals surface area contributed by atoms with Gasteiger partial charge < -0.3 is 15.4 Å². The third-order valence-corrected chi connectivity index (χ3v) is 5.63. The van der Waals surface area contributed by atoms with Crippen molar-refractivity contribution in [2.24, 2.45) is 0 Å². The topological polar surface area (TPSA) is 84.5 Å². The van der Waals surface area contributed by atoms with E-state index in [2.05, 4.69) is 10.6 Å². The number of nitrogens with one attached hydrogen (secondary N) is 2. The number of carbonyl (C=O) groups excluding carboxylic acids is 3. The van der Waals surface area contributed by atoms with Crippen molar-refractivity contribution in [3.05, 3.63) is 40.8 Å². The van der Waals surface area contributed by atoms with Crippen LogP contribution >= 0.6 is 23.1 Å². The molecular weight excluding hydrogens is 384 g/mol. The van der Waals surface area contributed by atoms with Crippen molar-refractivity contribution in [2.45, 2.75) is 32.1 Å². The van der Waals surface area contributed by atoms with E-state index in [1.54, 1.807) is 25.1 Å². The van der Waals surface area contributed by atoms with Gasteiger partial charge in [0.1, 0.15) is 5.00 Å². The Morgan fingerprint density at radius 1 is 1.11 bits per heavy atom. The molecule has 0 saturated carbocycles. The lowest BCUT2D eigenvalue weighted by Crippen LogP contribution is -2.15. The second kappa shape index (κ2) is 10.1. The number of benzene rings is 1. The Morgan fingerprint density at radius 2 is 1.81 bits per heavy atom. The second-order valence-corrected chi connectivity index (χ2v) is 7.76. The number of anilines is 2. The summed E-state index contributed by atoms with van der Waals surface area (Å²) in [6, 6.07) is 9.02. The number of hydrogen-bond acceptors (Lipinski definition) is 6. The lowest BCUT2D eigenvalue weighted by atomic mass is 10.2. The summed E-state index contributed by atoms with van der Waals surface area (Å²) in [7, 11) is 0. The highest BCUT2D eigenvalue weighted by molar-refractivity contribution is 8.00. The number of thiophene rings is 1.